The zero-order chi connectivity index (χ0) is 14.7. The first-order valence-electron chi connectivity index (χ1n) is 9.38. The molecular weight excluding hydrogens is 256 g/mol. The van der Waals surface area contributed by atoms with Gasteiger partial charge >= 0.3 is 0 Å². The van der Waals surface area contributed by atoms with Gasteiger partial charge in [0.1, 0.15) is 0 Å². The molecule has 0 aromatic carbocycles. The minimum absolute atomic E-state index is 0.568. The minimum Gasteiger partial charge on any atom is -0.271 e. The van der Waals surface area contributed by atoms with Crippen LogP contribution >= 0.6 is 0 Å². The highest BCUT2D eigenvalue weighted by Gasteiger charge is 2.60. The van der Waals surface area contributed by atoms with Crippen LogP contribution in [-0.4, -0.2) is 6.04 Å². The first kappa shape index (κ1) is 14.5. The van der Waals surface area contributed by atoms with Crippen LogP contribution in [0.4, 0.5) is 0 Å². The molecule has 0 heterocycles. The Morgan fingerprint density at radius 3 is 2.19 bits per heavy atom. The van der Waals surface area contributed by atoms with Crippen molar-refractivity contribution in [2.45, 2.75) is 90.5 Å². The Bertz CT molecular complexity index is 396. The summed E-state index contributed by atoms with van der Waals surface area (Å²) in [5, 5.41) is 0. The molecule has 0 aromatic heterocycles. The maximum atomic E-state index is 5.95. The molecular formula is C19H34N2. The van der Waals surface area contributed by atoms with Crippen LogP contribution in [0.25, 0.3) is 0 Å². The molecule has 4 bridgehead atoms. The van der Waals surface area contributed by atoms with E-state index >= 15 is 0 Å². The Labute approximate surface area is 130 Å². The Hall–Kier alpha value is -0.0800. The molecule has 120 valence electrons. The lowest BCUT2D eigenvalue weighted by molar-refractivity contribution is -0.150. The van der Waals surface area contributed by atoms with Gasteiger partial charge in [-0.1, -0.05) is 33.1 Å². The number of nitrogens with two attached hydrogens (primary N) is 1. The molecule has 5 aliphatic rings. The predicted octanol–water partition coefficient (Wildman–Crippen LogP) is 4.40. The van der Waals surface area contributed by atoms with Crippen molar-refractivity contribution in [3.8, 4) is 0 Å². The molecule has 5 saturated carbocycles. The average molecular weight is 290 g/mol. The number of hydrogen-bond acceptors (Lipinski definition) is 2. The lowest BCUT2D eigenvalue weighted by atomic mass is 9.39. The zero-order valence-electron chi connectivity index (χ0n) is 14.1. The first-order valence-corrected chi connectivity index (χ1v) is 9.38. The van der Waals surface area contributed by atoms with Crippen molar-refractivity contribution in [1.82, 2.24) is 5.43 Å². The maximum absolute atomic E-state index is 5.95. The molecule has 0 aliphatic heterocycles. The van der Waals surface area contributed by atoms with Crippen molar-refractivity contribution in [2.24, 2.45) is 33.9 Å². The molecule has 5 fully saturated rings. The minimum atomic E-state index is 0.568. The van der Waals surface area contributed by atoms with E-state index in [4.69, 9.17) is 5.84 Å². The van der Waals surface area contributed by atoms with Crippen LogP contribution in [0, 0.1) is 28.1 Å². The predicted molar refractivity (Wildman–Crippen MR) is 87.5 cm³/mol. The second-order valence-corrected chi connectivity index (χ2v) is 10.2. The highest BCUT2D eigenvalue weighted by molar-refractivity contribution is 5.11. The van der Waals surface area contributed by atoms with Crippen LogP contribution in [0.3, 0.4) is 0 Å². The summed E-state index contributed by atoms with van der Waals surface area (Å²) in [5.41, 5.74) is 5.10. The summed E-state index contributed by atoms with van der Waals surface area (Å²) in [6.45, 7) is 5.17. The number of hydrogen-bond donors (Lipinski definition) is 2. The van der Waals surface area contributed by atoms with E-state index < -0.39 is 0 Å². The van der Waals surface area contributed by atoms with Crippen molar-refractivity contribution < 1.29 is 0 Å². The van der Waals surface area contributed by atoms with Crippen LogP contribution < -0.4 is 11.3 Å². The highest BCUT2D eigenvalue weighted by atomic mass is 15.2. The molecule has 3 N–H and O–H groups in total. The molecule has 3 atom stereocenters. The fraction of sp³-hybridized carbons (Fsp3) is 1.00. The Morgan fingerprint density at radius 1 is 1.05 bits per heavy atom. The van der Waals surface area contributed by atoms with Crippen LogP contribution in [0.2, 0.25) is 0 Å². The summed E-state index contributed by atoms with van der Waals surface area (Å²) < 4.78 is 0. The summed E-state index contributed by atoms with van der Waals surface area (Å²) in [4.78, 5) is 0. The maximum Gasteiger partial charge on any atom is 0.0218 e. The topological polar surface area (TPSA) is 38.0 Å². The van der Waals surface area contributed by atoms with Gasteiger partial charge in [0.25, 0.3) is 0 Å². The second kappa shape index (κ2) is 4.71. The van der Waals surface area contributed by atoms with Crippen LogP contribution in [0.15, 0.2) is 0 Å². The van der Waals surface area contributed by atoms with Crippen molar-refractivity contribution >= 4 is 0 Å². The molecule has 0 spiro atoms. The van der Waals surface area contributed by atoms with E-state index in [0.29, 0.717) is 22.3 Å². The van der Waals surface area contributed by atoms with Gasteiger partial charge in [0.05, 0.1) is 0 Å². The molecule has 0 amide bonds. The molecule has 21 heavy (non-hydrogen) atoms. The highest BCUT2D eigenvalue weighted by Crippen LogP contribution is 2.70. The molecule has 0 aromatic rings. The SMILES string of the molecule is CC12CC3CC(C)(C1)CC(CC(CC1CCC1)NN)(C3)C2. The Kier molecular flexibility index (Phi) is 3.25. The van der Waals surface area contributed by atoms with Gasteiger partial charge < -0.3 is 0 Å². The standard InChI is InChI=1S/C19H34N2/c1-17-7-15-8-18(2,11-17)13-19(9-15,12-17)10-16(21-20)6-14-4-3-5-14/h14-16,21H,3-13,20H2,1-2H3. The van der Waals surface area contributed by atoms with E-state index in [9.17, 15) is 0 Å². The van der Waals surface area contributed by atoms with Gasteiger partial charge in [-0.25, -0.2) is 0 Å². The van der Waals surface area contributed by atoms with Crippen molar-refractivity contribution in [1.29, 1.82) is 0 Å². The Balaban J connectivity index is 1.50. The normalized spacial score (nSPS) is 50.1. The fourth-order valence-corrected chi connectivity index (χ4v) is 7.78. The third kappa shape index (κ3) is 2.57. The quantitative estimate of drug-likeness (QED) is 0.582. The Morgan fingerprint density at radius 2 is 1.71 bits per heavy atom. The van der Waals surface area contributed by atoms with E-state index in [0.717, 1.165) is 11.8 Å². The second-order valence-electron chi connectivity index (χ2n) is 10.2. The van der Waals surface area contributed by atoms with Gasteiger partial charge in [-0.05, 0) is 79.4 Å². The molecule has 2 nitrogen and oxygen atoms in total. The van der Waals surface area contributed by atoms with Gasteiger partial charge in [0, 0.05) is 6.04 Å². The van der Waals surface area contributed by atoms with Crippen molar-refractivity contribution in [3.63, 3.8) is 0 Å². The summed E-state index contributed by atoms with van der Waals surface area (Å²) >= 11 is 0. The van der Waals surface area contributed by atoms with Crippen molar-refractivity contribution in [3.05, 3.63) is 0 Å². The smallest absolute Gasteiger partial charge is 0.0218 e. The molecule has 0 saturated heterocycles. The van der Waals surface area contributed by atoms with E-state index in [-0.39, 0.29) is 0 Å². The molecule has 3 unspecified atom stereocenters. The van der Waals surface area contributed by atoms with Crippen LogP contribution in [0.1, 0.15) is 84.5 Å². The lowest BCUT2D eigenvalue weighted by Crippen LogP contribution is -2.56. The third-order valence-corrected chi connectivity index (χ3v) is 7.50. The van der Waals surface area contributed by atoms with Crippen LogP contribution in [0.5, 0.6) is 0 Å². The third-order valence-electron chi connectivity index (χ3n) is 7.50. The van der Waals surface area contributed by atoms with Gasteiger partial charge in [0.2, 0.25) is 0 Å². The van der Waals surface area contributed by atoms with Gasteiger partial charge in [-0.15, -0.1) is 0 Å². The van der Waals surface area contributed by atoms with E-state index in [1.807, 2.05) is 0 Å². The summed E-state index contributed by atoms with van der Waals surface area (Å²) in [7, 11) is 0. The molecule has 2 heteroatoms. The van der Waals surface area contributed by atoms with Crippen LogP contribution in [-0.2, 0) is 0 Å². The fourth-order valence-electron chi connectivity index (χ4n) is 7.78. The lowest BCUT2D eigenvalue weighted by Gasteiger charge is -2.66. The molecule has 5 aliphatic carbocycles. The monoisotopic (exact) mass is 290 g/mol. The number of rotatable bonds is 5. The molecule has 0 radical (unpaired) electrons. The first-order chi connectivity index (χ1) is 9.92. The van der Waals surface area contributed by atoms with Crippen molar-refractivity contribution in [2.75, 3.05) is 0 Å². The largest absolute Gasteiger partial charge is 0.271 e. The molecule has 5 rings (SSSR count). The summed E-state index contributed by atoms with van der Waals surface area (Å²) in [6.07, 6.45) is 16.0. The van der Waals surface area contributed by atoms with Gasteiger partial charge in [-0.3, -0.25) is 11.3 Å². The average Bonchev–Trinajstić information content (AvgIpc) is 2.27. The van der Waals surface area contributed by atoms with E-state index in [1.165, 1.54) is 70.6 Å². The zero-order valence-corrected chi connectivity index (χ0v) is 14.1. The number of nitrogens with one attached hydrogen (secondary N) is 1. The van der Waals surface area contributed by atoms with Gasteiger partial charge in [-0.2, -0.15) is 0 Å². The summed E-state index contributed by atoms with van der Waals surface area (Å²) in [5.74, 6) is 7.92. The van der Waals surface area contributed by atoms with E-state index in [1.54, 1.807) is 0 Å². The summed E-state index contributed by atoms with van der Waals surface area (Å²) in [6, 6.07) is 0.568. The van der Waals surface area contributed by atoms with Gasteiger partial charge in [0.15, 0.2) is 0 Å². The van der Waals surface area contributed by atoms with E-state index in [2.05, 4.69) is 19.3 Å². The number of hydrazine groups is 1.